The first-order chi connectivity index (χ1) is 15.3. The van der Waals surface area contributed by atoms with Gasteiger partial charge in [0.2, 0.25) is 0 Å². The number of amides is 1. The molecule has 1 aromatic carbocycles. The normalized spacial score (nSPS) is 15.6. The number of rotatable bonds is 5. The zero-order chi connectivity index (χ0) is 22.5. The first kappa shape index (κ1) is 20.6. The smallest absolute Gasteiger partial charge is 0.252 e. The van der Waals surface area contributed by atoms with Crippen molar-refractivity contribution in [1.82, 2.24) is 25.5 Å². The summed E-state index contributed by atoms with van der Waals surface area (Å²) in [6.45, 7) is 4.44. The van der Waals surface area contributed by atoms with Crippen LogP contribution in [0.4, 0.5) is 14.6 Å². The SMILES string of the molecule is Cc1nnc2sc3c(NCc4ccc(C(=O)NC5CC(F)(F)C5)cc4)ncnc3c2c1C. The molecule has 0 unspecified atom stereocenters. The van der Waals surface area contributed by atoms with Gasteiger partial charge in [0, 0.05) is 36.4 Å². The van der Waals surface area contributed by atoms with Gasteiger partial charge in [-0.3, -0.25) is 4.79 Å². The third kappa shape index (κ3) is 3.75. The highest BCUT2D eigenvalue weighted by Crippen LogP contribution is 2.38. The monoisotopic (exact) mass is 454 g/mol. The summed E-state index contributed by atoms with van der Waals surface area (Å²) in [5.41, 5.74) is 4.19. The van der Waals surface area contributed by atoms with Crippen LogP contribution in [0.2, 0.25) is 0 Å². The Morgan fingerprint density at radius 1 is 1.16 bits per heavy atom. The van der Waals surface area contributed by atoms with Crippen LogP contribution in [0, 0.1) is 13.8 Å². The Morgan fingerprint density at radius 2 is 1.91 bits per heavy atom. The Kier molecular flexibility index (Phi) is 4.96. The van der Waals surface area contributed by atoms with E-state index in [9.17, 15) is 13.6 Å². The van der Waals surface area contributed by atoms with Crippen LogP contribution >= 0.6 is 11.3 Å². The summed E-state index contributed by atoms with van der Waals surface area (Å²) in [6.07, 6.45) is 0.941. The summed E-state index contributed by atoms with van der Waals surface area (Å²) in [7, 11) is 0. The topological polar surface area (TPSA) is 92.7 Å². The number of fused-ring (bicyclic) bond motifs is 3. The number of aromatic nitrogens is 4. The van der Waals surface area contributed by atoms with E-state index in [4.69, 9.17) is 0 Å². The number of hydrogen-bond acceptors (Lipinski definition) is 7. The summed E-state index contributed by atoms with van der Waals surface area (Å²) >= 11 is 1.50. The van der Waals surface area contributed by atoms with E-state index in [0.717, 1.165) is 37.3 Å². The number of benzene rings is 1. The number of aryl methyl sites for hydroxylation is 2. The minimum atomic E-state index is -2.65. The molecule has 32 heavy (non-hydrogen) atoms. The Morgan fingerprint density at radius 3 is 2.62 bits per heavy atom. The number of carbonyl (C=O) groups is 1. The van der Waals surface area contributed by atoms with Gasteiger partial charge < -0.3 is 10.6 Å². The maximum Gasteiger partial charge on any atom is 0.252 e. The molecule has 2 N–H and O–H groups in total. The maximum atomic E-state index is 12.9. The summed E-state index contributed by atoms with van der Waals surface area (Å²) in [6, 6.07) is 6.59. The highest BCUT2D eigenvalue weighted by atomic mass is 32.1. The number of halogens is 2. The van der Waals surface area contributed by atoms with Crippen molar-refractivity contribution in [2.75, 3.05) is 5.32 Å². The fourth-order valence-electron chi connectivity index (χ4n) is 3.80. The molecule has 0 atom stereocenters. The predicted octanol–water partition coefficient (Wildman–Crippen LogP) is 4.39. The van der Waals surface area contributed by atoms with Gasteiger partial charge in [0.15, 0.2) is 0 Å². The Bertz CT molecular complexity index is 1330. The van der Waals surface area contributed by atoms with Crippen molar-refractivity contribution in [3.05, 3.63) is 53.0 Å². The van der Waals surface area contributed by atoms with Crippen LogP contribution in [0.3, 0.4) is 0 Å². The van der Waals surface area contributed by atoms with Crippen LogP contribution in [-0.4, -0.2) is 38.0 Å². The number of nitrogens with zero attached hydrogens (tertiary/aromatic N) is 4. The number of carbonyl (C=O) groups excluding carboxylic acids is 1. The fraction of sp³-hybridized carbons (Fsp3) is 0.318. The highest BCUT2D eigenvalue weighted by molar-refractivity contribution is 7.25. The van der Waals surface area contributed by atoms with Crippen molar-refractivity contribution in [1.29, 1.82) is 0 Å². The molecule has 7 nitrogen and oxygen atoms in total. The summed E-state index contributed by atoms with van der Waals surface area (Å²) < 4.78 is 26.8. The van der Waals surface area contributed by atoms with E-state index >= 15 is 0 Å². The van der Waals surface area contributed by atoms with E-state index in [2.05, 4.69) is 30.8 Å². The van der Waals surface area contributed by atoms with E-state index in [-0.39, 0.29) is 18.7 Å². The quantitative estimate of drug-likeness (QED) is 0.465. The van der Waals surface area contributed by atoms with Crippen molar-refractivity contribution in [3.63, 3.8) is 0 Å². The van der Waals surface area contributed by atoms with Crippen LogP contribution < -0.4 is 10.6 Å². The third-order valence-corrected chi connectivity index (χ3v) is 6.83. The van der Waals surface area contributed by atoms with Gasteiger partial charge in [0.1, 0.15) is 17.0 Å². The minimum absolute atomic E-state index is 0.295. The van der Waals surface area contributed by atoms with Crippen LogP contribution in [0.1, 0.15) is 40.0 Å². The molecule has 0 radical (unpaired) electrons. The molecule has 1 aliphatic carbocycles. The summed E-state index contributed by atoms with van der Waals surface area (Å²) in [4.78, 5) is 21.9. The van der Waals surface area contributed by atoms with Crippen molar-refractivity contribution < 1.29 is 13.6 Å². The predicted molar refractivity (Wildman–Crippen MR) is 119 cm³/mol. The Labute approximate surface area is 186 Å². The molecular weight excluding hydrogens is 434 g/mol. The summed E-state index contributed by atoms with van der Waals surface area (Å²) in [5, 5.41) is 15.5. The van der Waals surface area contributed by atoms with Gasteiger partial charge in [-0.05, 0) is 37.1 Å². The first-order valence-electron chi connectivity index (χ1n) is 10.2. The molecule has 5 rings (SSSR count). The average Bonchev–Trinajstić information content (AvgIpc) is 3.14. The van der Waals surface area contributed by atoms with E-state index in [0.29, 0.717) is 17.9 Å². The zero-order valence-electron chi connectivity index (χ0n) is 17.4. The molecule has 3 heterocycles. The lowest BCUT2D eigenvalue weighted by Crippen LogP contribution is -2.50. The van der Waals surface area contributed by atoms with Gasteiger partial charge in [-0.25, -0.2) is 18.7 Å². The van der Waals surface area contributed by atoms with Crippen molar-refractivity contribution in [3.8, 4) is 0 Å². The largest absolute Gasteiger partial charge is 0.365 e. The molecule has 0 spiro atoms. The van der Waals surface area contributed by atoms with Crippen molar-refractivity contribution in [2.45, 2.75) is 45.2 Å². The Hall–Kier alpha value is -3.27. The number of nitrogens with one attached hydrogen (secondary N) is 2. The second-order valence-electron chi connectivity index (χ2n) is 8.08. The number of anilines is 1. The van der Waals surface area contributed by atoms with Crippen LogP contribution in [-0.2, 0) is 6.54 Å². The van der Waals surface area contributed by atoms with Crippen molar-refractivity contribution in [2.24, 2.45) is 0 Å². The fourth-order valence-corrected chi connectivity index (χ4v) is 4.90. The molecule has 4 aromatic rings. The van der Waals surface area contributed by atoms with E-state index in [1.54, 1.807) is 12.1 Å². The highest BCUT2D eigenvalue weighted by Gasteiger charge is 2.45. The van der Waals surface area contributed by atoms with Crippen LogP contribution in [0.15, 0.2) is 30.6 Å². The molecule has 10 heteroatoms. The van der Waals surface area contributed by atoms with Gasteiger partial charge >= 0.3 is 0 Å². The molecule has 3 aromatic heterocycles. The molecule has 164 valence electrons. The zero-order valence-corrected chi connectivity index (χ0v) is 18.3. The van der Waals surface area contributed by atoms with E-state index < -0.39 is 12.0 Å². The van der Waals surface area contributed by atoms with Gasteiger partial charge in [-0.2, -0.15) is 5.10 Å². The molecule has 0 aliphatic heterocycles. The van der Waals surface area contributed by atoms with Gasteiger partial charge in [-0.15, -0.1) is 16.4 Å². The maximum absolute atomic E-state index is 12.9. The third-order valence-electron chi connectivity index (χ3n) is 5.76. The molecule has 1 fully saturated rings. The molecule has 0 bridgehead atoms. The Balaban J connectivity index is 1.30. The molecule has 1 amide bonds. The van der Waals surface area contributed by atoms with E-state index in [1.165, 1.54) is 17.7 Å². The second kappa shape index (κ2) is 7.70. The number of thiophene rings is 1. The molecule has 1 saturated carbocycles. The number of alkyl halides is 2. The standard InChI is InChI=1S/C22H20F2N6OS/c1-11-12(2)29-30-21-16(11)17-18(32-21)19(27-10-26-17)25-9-13-3-5-14(6-4-13)20(31)28-15-7-22(23,24)8-15/h3-6,10,15H,7-9H2,1-2H3,(H,28,31)(H,25,26,27). The average molecular weight is 455 g/mol. The van der Waals surface area contributed by atoms with Gasteiger partial charge in [0.05, 0.1) is 15.9 Å². The van der Waals surface area contributed by atoms with Gasteiger partial charge in [0.25, 0.3) is 11.8 Å². The summed E-state index contributed by atoms with van der Waals surface area (Å²) in [5.74, 6) is -2.28. The van der Waals surface area contributed by atoms with Crippen LogP contribution in [0.5, 0.6) is 0 Å². The second-order valence-corrected chi connectivity index (χ2v) is 9.08. The van der Waals surface area contributed by atoms with E-state index in [1.807, 2.05) is 26.0 Å². The lowest BCUT2D eigenvalue weighted by atomic mass is 9.88. The molecular formula is C22H20F2N6OS. The minimum Gasteiger partial charge on any atom is -0.365 e. The number of hydrogen-bond donors (Lipinski definition) is 2. The molecule has 1 aliphatic rings. The molecule has 0 saturated heterocycles. The van der Waals surface area contributed by atoms with Gasteiger partial charge in [-0.1, -0.05) is 12.1 Å². The van der Waals surface area contributed by atoms with Crippen molar-refractivity contribution >= 4 is 43.5 Å². The van der Waals surface area contributed by atoms with Crippen LogP contribution in [0.25, 0.3) is 20.4 Å². The first-order valence-corrected chi connectivity index (χ1v) is 11.0. The lowest BCUT2D eigenvalue weighted by Gasteiger charge is -2.35. The lowest BCUT2D eigenvalue weighted by molar-refractivity contribution is -0.0901.